The summed E-state index contributed by atoms with van der Waals surface area (Å²) in [5, 5.41) is 8.77. The van der Waals surface area contributed by atoms with Crippen LogP contribution in [0.2, 0.25) is 0 Å². The van der Waals surface area contributed by atoms with Crippen LogP contribution in [0.4, 0.5) is 0 Å². The van der Waals surface area contributed by atoms with Gasteiger partial charge in [-0.05, 0) is 6.07 Å². The Morgan fingerprint density at radius 3 is 3.00 bits per heavy atom. The van der Waals surface area contributed by atoms with Crippen LogP contribution in [-0.2, 0) is 16.0 Å². The summed E-state index contributed by atoms with van der Waals surface area (Å²) in [6.07, 6.45) is 0.903. The number of para-hydroxylation sites is 1. The molecule has 86 valence electrons. The first kappa shape index (κ1) is 11.0. The van der Waals surface area contributed by atoms with E-state index in [2.05, 4.69) is 0 Å². The quantitative estimate of drug-likeness (QED) is 0.838. The van der Waals surface area contributed by atoms with Gasteiger partial charge in [-0.25, -0.2) is 0 Å². The Labute approximate surface area is 93.8 Å². The van der Waals surface area contributed by atoms with Crippen molar-refractivity contribution in [2.75, 3.05) is 13.2 Å². The lowest BCUT2D eigenvalue weighted by Crippen LogP contribution is -2.17. The molecule has 0 radical (unpaired) electrons. The maximum atomic E-state index is 10.7. The average Bonchev–Trinajstić information content (AvgIpc) is 2.73. The van der Waals surface area contributed by atoms with Gasteiger partial charge in [-0.3, -0.25) is 4.79 Å². The summed E-state index contributed by atoms with van der Waals surface area (Å²) in [7, 11) is 0. The van der Waals surface area contributed by atoms with Crippen molar-refractivity contribution in [3.05, 3.63) is 29.8 Å². The molecular formula is C12H14O4. The van der Waals surface area contributed by atoms with Crippen molar-refractivity contribution in [3.63, 3.8) is 0 Å². The largest absolute Gasteiger partial charge is 0.488 e. The van der Waals surface area contributed by atoms with Gasteiger partial charge in [-0.1, -0.05) is 18.2 Å². The zero-order valence-corrected chi connectivity index (χ0v) is 8.89. The first-order valence-corrected chi connectivity index (χ1v) is 5.30. The van der Waals surface area contributed by atoms with E-state index in [0.29, 0.717) is 24.5 Å². The maximum Gasteiger partial charge on any atom is 0.307 e. The zero-order valence-electron chi connectivity index (χ0n) is 8.89. The molecule has 0 aromatic heterocycles. The smallest absolute Gasteiger partial charge is 0.307 e. The van der Waals surface area contributed by atoms with Crippen LogP contribution in [0, 0.1) is 0 Å². The van der Waals surface area contributed by atoms with E-state index in [-0.39, 0.29) is 12.5 Å². The first-order chi connectivity index (χ1) is 7.75. The maximum absolute atomic E-state index is 10.7. The van der Waals surface area contributed by atoms with E-state index in [0.717, 1.165) is 6.42 Å². The van der Waals surface area contributed by atoms with Gasteiger partial charge < -0.3 is 14.6 Å². The van der Waals surface area contributed by atoms with E-state index in [1.54, 1.807) is 12.1 Å². The molecule has 1 fully saturated rings. The highest BCUT2D eigenvalue weighted by atomic mass is 16.5. The molecule has 1 aromatic rings. The van der Waals surface area contributed by atoms with Crippen LogP contribution in [-0.4, -0.2) is 30.4 Å². The fourth-order valence-electron chi connectivity index (χ4n) is 1.71. The second kappa shape index (κ2) is 4.99. The summed E-state index contributed by atoms with van der Waals surface area (Å²) in [6, 6.07) is 7.24. The molecule has 1 aliphatic heterocycles. The molecule has 1 aliphatic rings. The van der Waals surface area contributed by atoms with Crippen molar-refractivity contribution < 1.29 is 19.4 Å². The third kappa shape index (κ3) is 2.73. The Balaban J connectivity index is 2.09. The van der Waals surface area contributed by atoms with Crippen molar-refractivity contribution in [3.8, 4) is 5.75 Å². The Hall–Kier alpha value is -1.55. The summed E-state index contributed by atoms with van der Waals surface area (Å²) in [4.78, 5) is 10.7. The van der Waals surface area contributed by atoms with Gasteiger partial charge in [0.1, 0.15) is 11.9 Å². The van der Waals surface area contributed by atoms with E-state index < -0.39 is 5.97 Å². The number of ether oxygens (including phenoxy) is 2. The molecule has 0 aliphatic carbocycles. The molecule has 0 spiro atoms. The third-order valence-electron chi connectivity index (χ3n) is 2.50. The summed E-state index contributed by atoms with van der Waals surface area (Å²) in [5.41, 5.74) is 0.710. The van der Waals surface area contributed by atoms with Crippen LogP contribution < -0.4 is 4.74 Å². The standard InChI is InChI=1S/C12H14O4/c13-12(14)7-9-3-1-2-4-11(9)16-10-5-6-15-8-10/h1-4,10H,5-8H2,(H,13,14)/t10-/m0/s1. The highest BCUT2D eigenvalue weighted by molar-refractivity contribution is 5.71. The predicted molar refractivity (Wildman–Crippen MR) is 57.6 cm³/mol. The summed E-state index contributed by atoms with van der Waals surface area (Å²) in [5.74, 6) is -0.195. The lowest BCUT2D eigenvalue weighted by Gasteiger charge is -2.14. The van der Waals surface area contributed by atoms with Crippen LogP contribution in [0.25, 0.3) is 0 Å². The minimum atomic E-state index is -0.848. The minimum Gasteiger partial charge on any atom is -0.488 e. The summed E-state index contributed by atoms with van der Waals surface area (Å²) < 4.78 is 10.9. The van der Waals surface area contributed by atoms with Crippen molar-refractivity contribution in [1.82, 2.24) is 0 Å². The van der Waals surface area contributed by atoms with E-state index in [9.17, 15) is 4.79 Å². The Morgan fingerprint density at radius 2 is 2.31 bits per heavy atom. The second-order valence-electron chi connectivity index (χ2n) is 3.78. The van der Waals surface area contributed by atoms with Gasteiger partial charge in [0.2, 0.25) is 0 Å². The Kier molecular flexibility index (Phi) is 3.41. The highest BCUT2D eigenvalue weighted by Crippen LogP contribution is 2.22. The van der Waals surface area contributed by atoms with E-state index in [1.165, 1.54) is 0 Å². The number of hydrogen-bond acceptors (Lipinski definition) is 3. The second-order valence-corrected chi connectivity index (χ2v) is 3.78. The molecule has 1 heterocycles. The molecule has 16 heavy (non-hydrogen) atoms. The Morgan fingerprint density at radius 1 is 1.50 bits per heavy atom. The molecule has 0 amide bonds. The number of carboxylic acids is 1. The van der Waals surface area contributed by atoms with Crippen LogP contribution in [0.1, 0.15) is 12.0 Å². The molecule has 0 unspecified atom stereocenters. The molecule has 0 saturated carbocycles. The van der Waals surface area contributed by atoms with Gasteiger partial charge in [0, 0.05) is 12.0 Å². The number of aliphatic carboxylic acids is 1. The molecule has 4 heteroatoms. The number of carboxylic acid groups (broad SMARTS) is 1. The summed E-state index contributed by atoms with van der Waals surface area (Å²) >= 11 is 0. The minimum absolute atomic E-state index is 0.0102. The van der Waals surface area contributed by atoms with Gasteiger partial charge in [-0.2, -0.15) is 0 Å². The van der Waals surface area contributed by atoms with Crippen molar-refractivity contribution in [2.24, 2.45) is 0 Å². The first-order valence-electron chi connectivity index (χ1n) is 5.30. The monoisotopic (exact) mass is 222 g/mol. The number of hydrogen-bond donors (Lipinski definition) is 1. The van der Waals surface area contributed by atoms with Crippen molar-refractivity contribution >= 4 is 5.97 Å². The van der Waals surface area contributed by atoms with Gasteiger partial charge >= 0.3 is 5.97 Å². The van der Waals surface area contributed by atoms with Gasteiger partial charge in [0.15, 0.2) is 0 Å². The molecule has 1 aromatic carbocycles. The molecule has 0 bridgehead atoms. The number of carbonyl (C=O) groups is 1. The van der Waals surface area contributed by atoms with Gasteiger partial charge in [0.05, 0.1) is 19.6 Å². The fourth-order valence-corrected chi connectivity index (χ4v) is 1.71. The van der Waals surface area contributed by atoms with Crippen LogP contribution >= 0.6 is 0 Å². The normalized spacial score (nSPS) is 19.6. The topological polar surface area (TPSA) is 55.8 Å². The molecular weight excluding hydrogens is 208 g/mol. The predicted octanol–water partition coefficient (Wildman–Crippen LogP) is 1.48. The highest BCUT2D eigenvalue weighted by Gasteiger charge is 2.18. The molecule has 2 rings (SSSR count). The summed E-state index contributed by atoms with van der Waals surface area (Å²) in [6.45, 7) is 1.30. The van der Waals surface area contributed by atoms with E-state index in [1.807, 2.05) is 12.1 Å². The molecule has 1 atom stereocenters. The van der Waals surface area contributed by atoms with Crippen molar-refractivity contribution in [2.45, 2.75) is 18.9 Å². The third-order valence-corrected chi connectivity index (χ3v) is 2.50. The van der Waals surface area contributed by atoms with E-state index >= 15 is 0 Å². The average molecular weight is 222 g/mol. The fraction of sp³-hybridized carbons (Fsp3) is 0.417. The van der Waals surface area contributed by atoms with Crippen LogP contribution in [0.3, 0.4) is 0 Å². The van der Waals surface area contributed by atoms with Crippen molar-refractivity contribution in [1.29, 1.82) is 0 Å². The van der Waals surface area contributed by atoms with Gasteiger partial charge in [-0.15, -0.1) is 0 Å². The number of rotatable bonds is 4. The zero-order chi connectivity index (χ0) is 11.4. The Bertz CT molecular complexity index is 369. The molecule has 1 saturated heterocycles. The lowest BCUT2D eigenvalue weighted by molar-refractivity contribution is -0.136. The number of benzene rings is 1. The SMILES string of the molecule is O=C(O)Cc1ccccc1O[C@H]1CCOC1. The lowest BCUT2D eigenvalue weighted by atomic mass is 10.1. The van der Waals surface area contributed by atoms with E-state index in [4.69, 9.17) is 14.6 Å². The molecule has 4 nitrogen and oxygen atoms in total. The van der Waals surface area contributed by atoms with Crippen LogP contribution in [0.5, 0.6) is 5.75 Å². The molecule has 1 N–H and O–H groups in total. The van der Waals surface area contributed by atoms with Gasteiger partial charge in [0.25, 0.3) is 0 Å². The van der Waals surface area contributed by atoms with Crippen LogP contribution in [0.15, 0.2) is 24.3 Å².